The number of ether oxygens (including phenoxy) is 3. The third-order valence-corrected chi connectivity index (χ3v) is 3.71. The summed E-state index contributed by atoms with van der Waals surface area (Å²) >= 11 is 0. The summed E-state index contributed by atoms with van der Waals surface area (Å²) < 4.78 is 16.3. The van der Waals surface area contributed by atoms with Gasteiger partial charge in [-0.05, 0) is 42.5 Å². The lowest BCUT2D eigenvalue weighted by atomic mass is 10.2. The topological polar surface area (TPSA) is 56.8 Å². The molecule has 5 heteroatoms. The number of nitrogens with one attached hydrogen (secondary N) is 1. The largest absolute Gasteiger partial charge is 0.457 e. The molecule has 0 atom stereocenters. The van der Waals surface area contributed by atoms with E-state index in [1.54, 1.807) is 36.4 Å². The van der Waals surface area contributed by atoms with Crippen LogP contribution in [0.25, 0.3) is 0 Å². The lowest BCUT2D eigenvalue weighted by Crippen LogP contribution is -2.11. The first kappa shape index (κ1) is 15.1. The summed E-state index contributed by atoms with van der Waals surface area (Å²) in [6.45, 7) is 0.200. The molecule has 0 saturated heterocycles. The van der Waals surface area contributed by atoms with Crippen molar-refractivity contribution in [1.82, 2.24) is 0 Å². The van der Waals surface area contributed by atoms with Gasteiger partial charge in [0.25, 0.3) is 5.91 Å². The average molecular weight is 333 g/mol. The van der Waals surface area contributed by atoms with Gasteiger partial charge in [0, 0.05) is 17.3 Å². The molecule has 124 valence electrons. The van der Waals surface area contributed by atoms with Crippen LogP contribution in [0, 0.1) is 0 Å². The Kier molecular flexibility index (Phi) is 3.96. The summed E-state index contributed by atoms with van der Waals surface area (Å²) in [6, 6.07) is 21.7. The highest BCUT2D eigenvalue weighted by molar-refractivity contribution is 6.04. The monoisotopic (exact) mass is 333 g/mol. The molecule has 3 aromatic carbocycles. The second kappa shape index (κ2) is 6.57. The lowest BCUT2D eigenvalue weighted by Gasteiger charge is -2.09. The molecule has 0 saturated carbocycles. The van der Waals surface area contributed by atoms with E-state index in [4.69, 9.17) is 14.2 Å². The fourth-order valence-electron chi connectivity index (χ4n) is 2.50. The fourth-order valence-corrected chi connectivity index (χ4v) is 2.50. The summed E-state index contributed by atoms with van der Waals surface area (Å²) in [4.78, 5) is 12.5. The number of amides is 1. The van der Waals surface area contributed by atoms with Gasteiger partial charge in [-0.3, -0.25) is 4.79 Å². The molecule has 0 unspecified atom stereocenters. The second-order valence-electron chi connectivity index (χ2n) is 5.47. The van der Waals surface area contributed by atoms with Crippen molar-refractivity contribution in [2.24, 2.45) is 0 Å². The third-order valence-electron chi connectivity index (χ3n) is 3.71. The number of anilines is 1. The highest BCUT2D eigenvalue weighted by atomic mass is 16.7. The van der Waals surface area contributed by atoms with Crippen LogP contribution in [0.2, 0.25) is 0 Å². The average Bonchev–Trinajstić information content (AvgIpc) is 3.10. The van der Waals surface area contributed by atoms with Crippen LogP contribution in [-0.2, 0) is 0 Å². The van der Waals surface area contributed by atoms with Gasteiger partial charge in [-0.25, -0.2) is 0 Å². The minimum absolute atomic E-state index is 0.200. The number of carbonyl (C=O) groups excluding carboxylic acids is 1. The Labute approximate surface area is 144 Å². The Morgan fingerprint density at radius 3 is 2.52 bits per heavy atom. The summed E-state index contributed by atoms with van der Waals surface area (Å²) in [7, 11) is 0. The zero-order valence-electron chi connectivity index (χ0n) is 13.3. The first-order chi connectivity index (χ1) is 12.3. The maximum atomic E-state index is 12.5. The molecule has 0 fully saturated rings. The molecule has 0 aromatic heterocycles. The summed E-state index contributed by atoms with van der Waals surface area (Å²) in [5, 5.41) is 2.85. The zero-order chi connectivity index (χ0) is 17.1. The van der Waals surface area contributed by atoms with Gasteiger partial charge < -0.3 is 19.5 Å². The second-order valence-corrected chi connectivity index (χ2v) is 5.47. The highest BCUT2D eigenvalue weighted by Crippen LogP contribution is 2.34. The summed E-state index contributed by atoms with van der Waals surface area (Å²) in [5.41, 5.74) is 1.15. The van der Waals surface area contributed by atoms with Crippen molar-refractivity contribution in [3.05, 3.63) is 78.4 Å². The van der Waals surface area contributed by atoms with Crippen LogP contribution in [0.4, 0.5) is 5.69 Å². The Bertz CT molecular complexity index is 909. The molecule has 1 heterocycles. The van der Waals surface area contributed by atoms with Crippen molar-refractivity contribution in [2.75, 3.05) is 12.1 Å². The summed E-state index contributed by atoms with van der Waals surface area (Å²) in [5.74, 6) is 2.40. The van der Waals surface area contributed by atoms with Crippen LogP contribution in [-0.4, -0.2) is 12.7 Å². The lowest BCUT2D eigenvalue weighted by molar-refractivity contribution is 0.102. The molecule has 0 radical (unpaired) electrons. The third kappa shape index (κ3) is 3.40. The van der Waals surface area contributed by atoms with E-state index in [1.165, 1.54) is 0 Å². The van der Waals surface area contributed by atoms with Gasteiger partial charge in [-0.1, -0.05) is 24.3 Å². The number of rotatable bonds is 4. The van der Waals surface area contributed by atoms with Crippen molar-refractivity contribution < 1.29 is 19.0 Å². The van der Waals surface area contributed by atoms with Gasteiger partial charge in [0.1, 0.15) is 11.5 Å². The SMILES string of the molecule is O=C(Nc1ccc2c(c1)OCO2)c1cccc(Oc2ccccc2)c1. The number of hydrogen-bond donors (Lipinski definition) is 1. The smallest absolute Gasteiger partial charge is 0.255 e. The van der Waals surface area contributed by atoms with Gasteiger partial charge in [-0.15, -0.1) is 0 Å². The van der Waals surface area contributed by atoms with E-state index in [-0.39, 0.29) is 12.7 Å². The van der Waals surface area contributed by atoms with Crippen LogP contribution >= 0.6 is 0 Å². The zero-order valence-corrected chi connectivity index (χ0v) is 13.3. The van der Waals surface area contributed by atoms with Crippen molar-refractivity contribution in [3.8, 4) is 23.0 Å². The number of carbonyl (C=O) groups is 1. The van der Waals surface area contributed by atoms with E-state index >= 15 is 0 Å². The Hall–Kier alpha value is -3.47. The predicted molar refractivity (Wildman–Crippen MR) is 93.5 cm³/mol. The maximum Gasteiger partial charge on any atom is 0.255 e. The molecule has 4 rings (SSSR count). The first-order valence-corrected chi connectivity index (χ1v) is 7.82. The van der Waals surface area contributed by atoms with E-state index in [9.17, 15) is 4.79 Å². The molecule has 1 N–H and O–H groups in total. The molecule has 5 nitrogen and oxygen atoms in total. The number of hydrogen-bond acceptors (Lipinski definition) is 4. The fraction of sp³-hybridized carbons (Fsp3) is 0.0500. The van der Waals surface area contributed by atoms with Crippen molar-refractivity contribution in [2.45, 2.75) is 0 Å². The highest BCUT2D eigenvalue weighted by Gasteiger charge is 2.15. The van der Waals surface area contributed by atoms with Crippen LogP contribution in [0.3, 0.4) is 0 Å². The molecule has 25 heavy (non-hydrogen) atoms. The molecule has 3 aromatic rings. The van der Waals surface area contributed by atoms with Crippen LogP contribution < -0.4 is 19.5 Å². The number of benzene rings is 3. The van der Waals surface area contributed by atoms with E-state index in [0.717, 1.165) is 5.75 Å². The van der Waals surface area contributed by atoms with Crippen molar-refractivity contribution >= 4 is 11.6 Å². The van der Waals surface area contributed by atoms with Gasteiger partial charge >= 0.3 is 0 Å². The van der Waals surface area contributed by atoms with Crippen LogP contribution in [0.1, 0.15) is 10.4 Å². The molecule has 0 aliphatic carbocycles. The van der Waals surface area contributed by atoms with Gasteiger partial charge in [0.2, 0.25) is 6.79 Å². The standard InChI is InChI=1S/C20H15NO4/c22-20(21-15-9-10-18-19(12-15)24-13-23-18)14-5-4-8-17(11-14)25-16-6-2-1-3-7-16/h1-12H,13H2,(H,21,22). The van der Waals surface area contributed by atoms with E-state index in [1.807, 2.05) is 36.4 Å². The Morgan fingerprint density at radius 1 is 0.840 bits per heavy atom. The van der Waals surface area contributed by atoms with Crippen LogP contribution in [0.5, 0.6) is 23.0 Å². The predicted octanol–water partition coefficient (Wildman–Crippen LogP) is 4.46. The van der Waals surface area contributed by atoms with Gasteiger partial charge in [0.15, 0.2) is 11.5 Å². The molecule has 0 bridgehead atoms. The molecule has 1 aliphatic heterocycles. The molecular weight excluding hydrogens is 318 g/mol. The minimum atomic E-state index is -0.225. The molecule has 1 amide bonds. The molecular formula is C20H15NO4. The summed E-state index contributed by atoms with van der Waals surface area (Å²) in [6.07, 6.45) is 0. The molecule has 1 aliphatic rings. The van der Waals surface area contributed by atoms with E-state index in [2.05, 4.69) is 5.32 Å². The molecule has 0 spiro atoms. The first-order valence-electron chi connectivity index (χ1n) is 7.82. The van der Waals surface area contributed by atoms with Crippen LogP contribution in [0.15, 0.2) is 72.8 Å². The normalized spacial score (nSPS) is 11.8. The maximum absolute atomic E-state index is 12.5. The van der Waals surface area contributed by atoms with Gasteiger partial charge in [0.05, 0.1) is 0 Å². The number of fused-ring (bicyclic) bond motifs is 1. The van der Waals surface area contributed by atoms with Gasteiger partial charge in [-0.2, -0.15) is 0 Å². The Morgan fingerprint density at radius 2 is 1.64 bits per heavy atom. The van der Waals surface area contributed by atoms with Crippen molar-refractivity contribution in [1.29, 1.82) is 0 Å². The minimum Gasteiger partial charge on any atom is -0.457 e. The van der Waals surface area contributed by atoms with E-state index < -0.39 is 0 Å². The van der Waals surface area contributed by atoms with Crippen molar-refractivity contribution in [3.63, 3.8) is 0 Å². The van der Waals surface area contributed by atoms with E-state index in [0.29, 0.717) is 28.5 Å². The number of para-hydroxylation sites is 1. The Balaban J connectivity index is 1.49. The quantitative estimate of drug-likeness (QED) is 0.766.